The van der Waals surface area contributed by atoms with Gasteiger partial charge in [0.1, 0.15) is 5.78 Å². The molecule has 0 saturated heterocycles. The van der Waals surface area contributed by atoms with Crippen LogP contribution in [-0.4, -0.2) is 22.8 Å². The Bertz CT molecular complexity index is 1330. The van der Waals surface area contributed by atoms with Crippen molar-refractivity contribution in [3.63, 3.8) is 0 Å². The zero-order chi connectivity index (χ0) is 30.5. The van der Waals surface area contributed by atoms with Gasteiger partial charge in [-0.15, -0.1) is 0 Å². The van der Waals surface area contributed by atoms with Crippen LogP contribution in [0, 0.1) is 50.7 Å². The highest BCUT2D eigenvalue weighted by Crippen LogP contribution is 2.76. The molecule has 0 heterocycles. The number of Topliss-reactive ketones (excluding diaryl/α,β-unsaturated/α-hetero) is 2. The summed E-state index contributed by atoms with van der Waals surface area (Å²) < 4.78 is 0. The monoisotopic (exact) mass is 592 g/mol. The number of hydrogen-bond acceptors (Lipinski definition) is 3. The average molecular weight is 593 g/mol. The van der Waals surface area contributed by atoms with E-state index in [-0.39, 0.29) is 51.2 Å². The number of allylic oxidation sites excluding steroid dienone is 2. The van der Waals surface area contributed by atoms with E-state index in [1.165, 1.54) is 12.0 Å². The number of carbonyl (C=O) groups excluding carboxylic acids is 2. The summed E-state index contributed by atoms with van der Waals surface area (Å²) in [4.78, 5) is 28.3. The van der Waals surface area contributed by atoms with Crippen LogP contribution in [0.3, 0.4) is 0 Å². The number of halogens is 1. The molecule has 8 atom stereocenters. The van der Waals surface area contributed by atoms with Crippen molar-refractivity contribution in [3.05, 3.63) is 46.0 Å². The number of fused-ring (bicyclic) bond motifs is 7. The van der Waals surface area contributed by atoms with Gasteiger partial charge in [0.25, 0.3) is 0 Å². The first-order valence-electron chi connectivity index (χ1n) is 16.9. The number of hydrogen-bond donors (Lipinski definition) is 1. The van der Waals surface area contributed by atoms with Gasteiger partial charge in [0.15, 0.2) is 5.78 Å². The molecule has 0 radical (unpaired) electrons. The molecule has 230 valence electrons. The normalized spacial score (nSPS) is 42.6. The molecule has 0 amide bonds. The molecular weight excluding hydrogens is 540 g/mol. The molecule has 4 saturated carbocycles. The SMILES string of the molecule is CC(C)C1=C2[C@H]3CC[C@@H]4[C@@]5(C)CC[C@H](O)C(C)(C)[C@@H]5CC[C@@]4(C)[C@]3(C)CC[C@@]2(C(=O)CCc2ccccc2Cl)CC1=O. The predicted octanol–water partition coefficient (Wildman–Crippen LogP) is 9.18. The first-order valence-corrected chi connectivity index (χ1v) is 17.2. The standard InChI is InChI=1S/C38H53ClO3/c1-23(2)32-27(40)22-38(31(42)15-12-24-10-8-9-11-26(24)39)21-20-36(6)25(33(32)38)13-14-29-35(5)18-17-30(41)34(3,4)28(35)16-19-37(29,36)7/h8-11,23,25,28-30,41H,12-22H2,1-7H3/t25-,28+,29-,30+,35+,36-,37-,38+/m1/s1. The molecule has 0 aliphatic heterocycles. The number of rotatable bonds is 5. The number of aryl methyl sites for hydroxylation is 1. The largest absolute Gasteiger partial charge is 0.393 e. The zero-order valence-electron chi connectivity index (χ0n) is 27.1. The lowest BCUT2D eigenvalue weighted by molar-refractivity contribution is -0.228. The maximum atomic E-state index is 14.4. The lowest BCUT2D eigenvalue weighted by atomic mass is 9.33. The summed E-state index contributed by atoms with van der Waals surface area (Å²) in [6.45, 7) is 16.6. The zero-order valence-corrected chi connectivity index (χ0v) is 27.9. The fraction of sp³-hybridized carbons (Fsp3) is 0.737. The maximum Gasteiger partial charge on any atom is 0.160 e. The van der Waals surface area contributed by atoms with Gasteiger partial charge >= 0.3 is 0 Å². The van der Waals surface area contributed by atoms with Gasteiger partial charge in [-0.25, -0.2) is 0 Å². The van der Waals surface area contributed by atoms with Crippen molar-refractivity contribution in [2.24, 2.45) is 50.7 Å². The molecule has 6 rings (SSSR count). The number of aliphatic hydroxyl groups is 1. The average Bonchev–Trinajstić information content (AvgIpc) is 3.24. The van der Waals surface area contributed by atoms with E-state index in [4.69, 9.17) is 11.6 Å². The molecule has 0 aromatic heterocycles. The summed E-state index contributed by atoms with van der Waals surface area (Å²) in [6.07, 6.45) is 9.58. The van der Waals surface area contributed by atoms with Crippen LogP contribution in [0.5, 0.6) is 0 Å². The highest BCUT2D eigenvalue weighted by molar-refractivity contribution is 6.31. The third-order valence-corrected chi connectivity index (χ3v) is 14.9. The van der Waals surface area contributed by atoms with Gasteiger partial charge < -0.3 is 5.11 Å². The Morgan fingerprint density at radius 3 is 2.33 bits per heavy atom. The molecule has 5 aliphatic rings. The van der Waals surface area contributed by atoms with E-state index in [1.54, 1.807) is 0 Å². The Morgan fingerprint density at radius 2 is 1.64 bits per heavy atom. The number of carbonyl (C=O) groups is 2. The molecule has 42 heavy (non-hydrogen) atoms. The molecule has 1 N–H and O–H groups in total. The smallest absolute Gasteiger partial charge is 0.160 e. The van der Waals surface area contributed by atoms with Crippen LogP contribution in [-0.2, 0) is 16.0 Å². The molecule has 0 unspecified atom stereocenters. The molecule has 4 heteroatoms. The van der Waals surface area contributed by atoms with Gasteiger partial charge in [0, 0.05) is 17.9 Å². The fourth-order valence-electron chi connectivity index (χ4n) is 12.1. The van der Waals surface area contributed by atoms with Crippen LogP contribution in [0.15, 0.2) is 35.4 Å². The minimum atomic E-state index is -0.636. The van der Waals surface area contributed by atoms with Crippen LogP contribution in [0.2, 0.25) is 5.02 Å². The van der Waals surface area contributed by atoms with E-state index in [0.29, 0.717) is 36.1 Å². The van der Waals surface area contributed by atoms with Gasteiger partial charge in [-0.1, -0.05) is 78.3 Å². The molecule has 4 fully saturated rings. The molecule has 5 aliphatic carbocycles. The van der Waals surface area contributed by atoms with E-state index in [1.807, 2.05) is 24.3 Å². The second-order valence-electron chi connectivity index (χ2n) is 16.7. The summed E-state index contributed by atoms with van der Waals surface area (Å²) in [5.41, 5.74) is 2.97. The van der Waals surface area contributed by atoms with E-state index >= 15 is 0 Å². The van der Waals surface area contributed by atoms with Crippen molar-refractivity contribution in [2.45, 2.75) is 125 Å². The Labute approximate surface area is 259 Å². The molecule has 1 aromatic carbocycles. The minimum absolute atomic E-state index is 0.0523. The van der Waals surface area contributed by atoms with Crippen LogP contribution in [0.4, 0.5) is 0 Å². The molecular formula is C38H53ClO3. The Morgan fingerprint density at radius 1 is 0.929 bits per heavy atom. The van der Waals surface area contributed by atoms with Crippen molar-refractivity contribution in [2.75, 3.05) is 0 Å². The van der Waals surface area contributed by atoms with E-state index < -0.39 is 5.41 Å². The number of aliphatic hydroxyl groups excluding tert-OH is 1. The summed E-state index contributed by atoms with van der Waals surface area (Å²) in [7, 11) is 0. The third kappa shape index (κ3) is 4.00. The minimum Gasteiger partial charge on any atom is -0.393 e. The van der Waals surface area contributed by atoms with Crippen LogP contribution >= 0.6 is 11.6 Å². The highest BCUT2D eigenvalue weighted by atomic mass is 35.5. The molecule has 0 bridgehead atoms. The van der Waals surface area contributed by atoms with Crippen molar-refractivity contribution in [3.8, 4) is 0 Å². The van der Waals surface area contributed by atoms with Crippen LogP contribution < -0.4 is 0 Å². The van der Waals surface area contributed by atoms with Crippen LogP contribution in [0.1, 0.15) is 118 Å². The maximum absolute atomic E-state index is 14.4. The topological polar surface area (TPSA) is 54.4 Å². The summed E-state index contributed by atoms with van der Waals surface area (Å²) in [5, 5.41) is 11.7. The Hall–Kier alpha value is -1.45. The molecule has 3 nitrogen and oxygen atoms in total. The lowest BCUT2D eigenvalue weighted by Gasteiger charge is -2.72. The number of benzene rings is 1. The predicted molar refractivity (Wildman–Crippen MR) is 170 cm³/mol. The summed E-state index contributed by atoms with van der Waals surface area (Å²) in [5.74, 6) is 2.02. The van der Waals surface area contributed by atoms with Crippen molar-refractivity contribution >= 4 is 23.2 Å². The second kappa shape index (κ2) is 10.0. The van der Waals surface area contributed by atoms with E-state index in [0.717, 1.165) is 56.1 Å². The van der Waals surface area contributed by atoms with E-state index in [2.05, 4.69) is 48.5 Å². The Balaban J connectivity index is 1.38. The van der Waals surface area contributed by atoms with E-state index in [9.17, 15) is 14.7 Å². The van der Waals surface area contributed by atoms with Crippen molar-refractivity contribution in [1.29, 1.82) is 0 Å². The first-order chi connectivity index (χ1) is 19.6. The molecule has 0 spiro atoms. The van der Waals surface area contributed by atoms with Crippen molar-refractivity contribution < 1.29 is 14.7 Å². The van der Waals surface area contributed by atoms with Gasteiger partial charge in [0.05, 0.1) is 11.5 Å². The lowest BCUT2D eigenvalue weighted by Crippen LogP contribution is -2.65. The van der Waals surface area contributed by atoms with Crippen molar-refractivity contribution in [1.82, 2.24) is 0 Å². The first kappa shape index (κ1) is 30.6. The fourth-order valence-corrected chi connectivity index (χ4v) is 12.4. The summed E-state index contributed by atoms with van der Waals surface area (Å²) in [6, 6.07) is 7.84. The quantitative estimate of drug-likeness (QED) is 0.371. The summed E-state index contributed by atoms with van der Waals surface area (Å²) >= 11 is 6.48. The van der Waals surface area contributed by atoms with Gasteiger partial charge in [-0.05, 0) is 126 Å². The van der Waals surface area contributed by atoms with Gasteiger partial charge in [0.2, 0.25) is 0 Å². The second-order valence-corrected chi connectivity index (χ2v) is 17.1. The highest BCUT2D eigenvalue weighted by Gasteiger charge is 2.70. The van der Waals surface area contributed by atoms with Crippen LogP contribution in [0.25, 0.3) is 0 Å². The third-order valence-electron chi connectivity index (χ3n) is 14.5. The van der Waals surface area contributed by atoms with Gasteiger partial charge in [-0.3, -0.25) is 9.59 Å². The van der Waals surface area contributed by atoms with Gasteiger partial charge in [-0.2, -0.15) is 0 Å². The Kier molecular flexibility index (Phi) is 7.30. The molecule has 1 aromatic rings. The number of ketones is 2.